The number of hydrogen-bond donors (Lipinski definition) is 2. The van der Waals surface area contributed by atoms with Crippen molar-refractivity contribution in [1.82, 2.24) is 10.2 Å². The number of nitrogens with zero attached hydrogens (tertiary/aromatic N) is 1. The van der Waals surface area contributed by atoms with Crippen molar-refractivity contribution in [2.24, 2.45) is 5.92 Å². The van der Waals surface area contributed by atoms with Crippen LogP contribution in [-0.2, 0) is 9.59 Å². The minimum absolute atomic E-state index is 0.125. The minimum atomic E-state index is -0.744. The largest absolute Gasteiger partial charge is 0.495 e. The summed E-state index contributed by atoms with van der Waals surface area (Å²) in [6.07, 6.45) is 1.47. The number of anilines is 1. The molecule has 8 nitrogen and oxygen atoms in total. The van der Waals surface area contributed by atoms with E-state index < -0.39 is 11.8 Å². The summed E-state index contributed by atoms with van der Waals surface area (Å²) in [6, 6.07) is 16.2. The molecule has 0 atom stereocenters. The van der Waals surface area contributed by atoms with Crippen LogP contribution in [0.4, 0.5) is 5.69 Å². The molecular formula is C24H25N3O5. The van der Waals surface area contributed by atoms with Gasteiger partial charge in [-0.05, 0) is 43.0 Å². The van der Waals surface area contributed by atoms with Gasteiger partial charge in [0.15, 0.2) is 5.76 Å². The van der Waals surface area contributed by atoms with Gasteiger partial charge in [0.25, 0.3) is 5.91 Å². The standard InChI is InChI=1S/C24H25N3O5/c1-31-20-9-5-3-7-18(20)26-23(29)22(28)25-15-16-10-12-27(13-11-16)24(30)21-14-17-6-2-4-8-19(17)32-21/h2-9,14,16H,10-13,15H2,1H3,(H,25,28)(H,26,29). The summed E-state index contributed by atoms with van der Waals surface area (Å²) in [5.74, 6) is -0.553. The van der Waals surface area contributed by atoms with Crippen LogP contribution < -0.4 is 15.4 Å². The van der Waals surface area contributed by atoms with Gasteiger partial charge in [-0.3, -0.25) is 14.4 Å². The first-order chi connectivity index (χ1) is 15.5. The predicted molar refractivity (Wildman–Crippen MR) is 119 cm³/mol. The lowest BCUT2D eigenvalue weighted by Crippen LogP contribution is -2.43. The molecule has 8 heteroatoms. The fraction of sp³-hybridized carbons (Fsp3) is 0.292. The molecule has 166 valence electrons. The zero-order chi connectivity index (χ0) is 22.5. The second-order valence-electron chi connectivity index (χ2n) is 7.75. The maximum atomic E-state index is 12.8. The Balaban J connectivity index is 1.24. The number of fused-ring (bicyclic) bond motifs is 1. The molecule has 0 spiro atoms. The first-order valence-corrected chi connectivity index (χ1v) is 10.5. The number of para-hydroxylation sites is 3. The zero-order valence-electron chi connectivity index (χ0n) is 17.8. The highest BCUT2D eigenvalue weighted by Gasteiger charge is 2.26. The lowest BCUT2D eigenvalue weighted by Gasteiger charge is -2.31. The van der Waals surface area contributed by atoms with Gasteiger partial charge in [-0.2, -0.15) is 0 Å². The van der Waals surface area contributed by atoms with E-state index in [2.05, 4.69) is 10.6 Å². The Bertz CT molecular complexity index is 1100. The fourth-order valence-corrected chi connectivity index (χ4v) is 3.83. The van der Waals surface area contributed by atoms with E-state index in [-0.39, 0.29) is 11.8 Å². The Hall–Kier alpha value is -3.81. The summed E-state index contributed by atoms with van der Waals surface area (Å²) in [5.41, 5.74) is 1.13. The van der Waals surface area contributed by atoms with Gasteiger partial charge in [-0.1, -0.05) is 30.3 Å². The summed E-state index contributed by atoms with van der Waals surface area (Å²) in [7, 11) is 1.50. The molecule has 1 aromatic heterocycles. The second-order valence-corrected chi connectivity index (χ2v) is 7.75. The third kappa shape index (κ3) is 4.74. The molecule has 3 amide bonds. The minimum Gasteiger partial charge on any atom is -0.495 e. The van der Waals surface area contributed by atoms with E-state index in [1.54, 1.807) is 35.2 Å². The van der Waals surface area contributed by atoms with Crippen molar-refractivity contribution in [1.29, 1.82) is 0 Å². The van der Waals surface area contributed by atoms with E-state index in [9.17, 15) is 14.4 Å². The topological polar surface area (TPSA) is 101 Å². The molecule has 1 aliphatic heterocycles. The van der Waals surface area contributed by atoms with Gasteiger partial charge in [0.1, 0.15) is 11.3 Å². The van der Waals surface area contributed by atoms with Crippen molar-refractivity contribution in [3.05, 3.63) is 60.4 Å². The predicted octanol–water partition coefficient (Wildman–Crippen LogP) is 3.05. The van der Waals surface area contributed by atoms with Crippen LogP contribution in [0.2, 0.25) is 0 Å². The number of hydrogen-bond acceptors (Lipinski definition) is 5. The lowest BCUT2D eigenvalue weighted by molar-refractivity contribution is -0.136. The van der Waals surface area contributed by atoms with E-state index >= 15 is 0 Å². The fourth-order valence-electron chi connectivity index (χ4n) is 3.83. The Morgan fingerprint density at radius 1 is 1.03 bits per heavy atom. The molecule has 4 rings (SSSR count). The molecule has 1 aliphatic rings. The normalized spacial score (nSPS) is 14.2. The van der Waals surface area contributed by atoms with Gasteiger partial charge < -0.3 is 24.7 Å². The number of benzene rings is 2. The Kier molecular flexibility index (Phi) is 6.39. The number of carbonyl (C=O) groups is 3. The number of rotatable bonds is 5. The molecule has 0 saturated carbocycles. The van der Waals surface area contributed by atoms with Crippen molar-refractivity contribution in [3.8, 4) is 5.75 Å². The maximum Gasteiger partial charge on any atom is 0.313 e. The summed E-state index contributed by atoms with van der Waals surface area (Å²) in [5, 5.41) is 6.15. The summed E-state index contributed by atoms with van der Waals surface area (Å²) >= 11 is 0. The van der Waals surface area contributed by atoms with Gasteiger partial charge in [0, 0.05) is 25.0 Å². The van der Waals surface area contributed by atoms with Gasteiger partial charge in [-0.15, -0.1) is 0 Å². The van der Waals surface area contributed by atoms with Crippen LogP contribution in [0.15, 0.2) is 59.0 Å². The average Bonchev–Trinajstić information content (AvgIpc) is 3.27. The third-order valence-corrected chi connectivity index (χ3v) is 5.65. The first kappa shape index (κ1) is 21.4. The van der Waals surface area contributed by atoms with Crippen LogP contribution in [0.25, 0.3) is 11.0 Å². The van der Waals surface area contributed by atoms with Crippen molar-refractivity contribution in [2.75, 3.05) is 32.1 Å². The third-order valence-electron chi connectivity index (χ3n) is 5.65. The molecule has 2 aromatic carbocycles. The van der Waals surface area contributed by atoms with Gasteiger partial charge >= 0.3 is 11.8 Å². The van der Waals surface area contributed by atoms with Crippen molar-refractivity contribution in [2.45, 2.75) is 12.8 Å². The smallest absolute Gasteiger partial charge is 0.313 e. The highest BCUT2D eigenvalue weighted by Crippen LogP contribution is 2.24. The molecule has 2 heterocycles. The monoisotopic (exact) mass is 435 g/mol. The highest BCUT2D eigenvalue weighted by atomic mass is 16.5. The van der Waals surface area contributed by atoms with E-state index in [1.807, 2.05) is 24.3 Å². The molecule has 0 unspecified atom stereocenters. The Labute approximate surface area is 185 Å². The molecule has 0 bridgehead atoms. The molecule has 3 aromatic rings. The van der Waals surface area contributed by atoms with Crippen molar-refractivity contribution < 1.29 is 23.5 Å². The van der Waals surface area contributed by atoms with Crippen molar-refractivity contribution >= 4 is 34.4 Å². The maximum absolute atomic E-state index is 12.8. The molecule has 32 heavy (non-hydrogen) atoms. The van der Waals surface area contributed by atoms with Crippen LogP contribution in [0.3, 0.4) is 0 Å². The number of carbonyl (C=O) groups excluding carboxylic acids is 3. The van der Waals surface area contributed by atoms with Crippen LogP contribution in [0, 0.1) is 5.92 Å². The summed E-state index contributed by atoms with van der Waals surface area (Å²) in [6.45, 7) is 1.53. The number of methoxy groups -OCH3 is 1. The second kappa shape index (κ2) is 9.55. The highest BCUT2D eigenvalue weighted by molar-refractivity contribution is 6.39. The van der Waals surface area contributed by atoms with Crippen LogP contribution in [-0.4, -0.2) is 49.4 Å². The van der Waals surface area contributed by atoms with Crippen molar-refractivity contribution in [3.63, 3.8) is 0 Å². The zero-order valence-corrected chi connectivity index (χ0v) is 17.8. The Morgan fingerprint density at radius 2 is 1.75 bits per heavy atom. The molecular weight excluding hydrogens is 410 g/mol. The summed E-state index contributed by atoms with van der Waals surface area (Å²) < 4.78 is 10.9. The number of furan rings is 1. The molecule has 2 N–H and O–H groups in total. The van der Waals surface area contributed by atoms with Crippen LogP contribution in [0.5, 0.6) is 5.75 Å². The number of amides is 3. The van der Waals surface area contributed by atoms with E-state index in [0.717, 1.165) is 18.2 Å². The average molecular weight is 435 g/mol. The molecule has 0 aliphatic carbocycles. The molecule has 0 radical (unpaired) electrons. The Morgan fingerprint density at radius 3 is 2.50 bits per heavy atom. The number of piperidine rings is 1. The number of ether oxygens (including phenoxy) is 1. The first-order valence-electron chi connectivity index (χ1n) is 10.5. The van der Waals surface area contributed by atoms with Gasteiger partial charge in [0.2, 0.25) is 0 Å². The van der Waals surface area contributed by atoms with E-state index in [4.69, 9.17) is 9.15 Å². The summed E-state index contributed by atoms with van der Waals surface area (Å²) in [4.78, 5) is 38.9. The van der Waals surface area contributed by atoms with Crippen LogP contribution >= 0.6 is 0 Å². The molecule has 1 fully saturated rings. The number of nitrogens with one attached hydrogen (secondary N) is 2. The lowest BCUT2D eigenvalue weighted by atomic mass is 9.96. The quantitative estimate of drug-likeness (QED) is 0.600. The van der Waals surface area contributed by atoms with Crippen LogP contribution in [0.1, 0.15) is 23.4 Å². The van der Waals surface area contributed by atoms with Gasteiger partial charge in [0.05, 0.1) is 12.8 Å². The molecule has 1 saturated heterocycles. The van der Waals surface area contributed by atoms with Gasteiger partial charge in [-0.25, -0.2) is 0 Å². The van der Waals surface area contributed by atoms with E-state index in [0.29, 0.717) is 42.4 Å². The van der Waals surface area contributed by atoms with E-state index in [1.165, 1.54) is 7.11 Å². The SMILES string of the molecule is COc1ccccc1NC(=O)C(=O)NCC1CCN(C(=O)c2cc3ccccc3o2)CC1. The number of likely N-dealkylation sites (tertiary alicyclic amines) is 1.